The van der Waals surface area contributed by atoms with Crippen LogP contribution in [0.4, 0.5) is 5.69 Å². The average Bonchev–Trinajstić information content (AvgIpc) is 2.92. The summed E-state index contributed by atoms with van der Waals surface area (Å²) < 4.78 is 5.39. The van der Waals surface area contributed by atoms with Crippen molar-refractivity contribution in [2.75, 3.05) is 26.2 Å². The standard InChI is InChI=1S/C15H20ClN3O4.ClH/c1-15(9-17)5-6-18(10-15)14(20)4-7-23-13-3-2-11(16)8-12(13)19(21)22;/h2-3,8H,4-7,9-10,17H2,1H3;1H. The number of nitro groups is 1. The van der Waals surface area contributed by atoms with E-state index < -0.39 is 4.92 Å². The quantitative estimate of drug-likeness (QED) is 0.606. The lowest BCUT2D eigenvalue weighted by atomic mass is 9.90. The molecule has 2 N–H and O–H groups in total. The third kappa shape index (κ3) is 4.96. The van der Waals surface area contributed by atoms with Gasteiger partial charge in [0.1, 0.15) is 0 Å². The normalized spacial score (nSPS) is 19.7. The van der Waals surface area contributed by atoms with Gasteiger partial charge in [-0.05, 0) is 30.5 Å². The number of hydrogen-bond acceptors (Lipinski definition) is 5. The fraction of sp³-hybridized carbons (Fsp3) is 0.533. The Balaban J connectivity index is 0.00000288. The number of carbonyl (C=O) groups is 1. The van der Waals surface area contributed by atoms with Crippen LogP contribution in [0.5, 0.6) is 5.75 Å². The fourth-order valence-electron chi connectivity index (χ4n) is 2.56. The van der Waals surface area contributed by atoms with Crippen molar-refractivity contribution in [2.45, 2.75) is 19.8 Å². The van der Waals surface area contributed by atoms with E-state index in [1.165, 1.54) is 18.2 Å². The maximum absolute atomic E-state index is 12.2. The van der Waals surface area contributed by atoms with Crippen molar-refractivity contribution in [1.82, 2.24) is 4.90 Å². The molecule has 0 aliphatic carbocycles. The summed E-state index contributed by atoms with van der Waals surface area (Å²) in [4.78, 5) is 24.3. The Bertz CT molecular complexity index is 614. The highest BCUT2D eigenvalue weighted by Crippen LogP contribution is 2.31. The van der Waals surface area contributed by atoms with Crippen molar-refractivity contribution >= 4 is 35.6 Å². The van der Waals surface area contributed by atoms with E-state index in [4.69, 9.17) is 22.1 Å². The number of nitro benzene ring substituents is 1. The van der Waals surface area contributed by atoms with E-state index in [1.54, 1.807) is 4.90 Å². The molecule has 0 spiro atoms. The molecular formula is C15H21Cl2N3O4. The molecule has 2 rings (SSSR count). The van der Waals surface area contributed by atoms with Crippen LogP contribution in [-0.2, 0) is 4.79 Å². The van der Waals surface area contributed by atoms with Crippen LogP contribution in [-0.4, -0.2) is 42.0 Å². The van der Waals surface area contributed by atoms with Crippen molar-refractivity contribution in [2.24, 2.45) is 11.1 Å². The first-order chi connectivity index (χ1) is 10.8. The van der Waals surface area contributed by atoms with Crippen molar-refractivity contribution in [1.29, 1.82) is 0 Å². The van der Waals surface area contributed by atoms with Crippen LogP contribution in [0.1, 0.15) is 19.8 Å². The Labute approximate surface area is 151 Å². The topological polar surface area (TPSA) is 98.7 Å². The maximum atomic E-state index is 12.2. The molecule has 1 heterocycles. The number of benzene rings is 1. The van der Waals surface area contributed by atoms with Crippen LogP contribution < -0.4 is 10.5 Å². The highest BCUT2D eigenvalue weighted by atomic mass is 35.5. The van der Waals surface area contributed by atoms with E-state index in [1.807, 2.05) is 0 Å². The summed E-state index contributed by atoms with van der Waals surface area (Å²) in [6.07, 6.45) is 1.05. The Morgan fingerprint density at radius 2 is 2.25 bits per heavy atom. The SMILES string of the molecule is CC1(CN)CCN(C(=O)CCOc2ccc(Cl)cc2[N+](=O)[O-])C1.Cl. The summed E-state index contributed by atoms with van der Waals surface area (Å²) in [6.45, 7) is 4.02. The number of carbonyl (C=O) groups excluding carboxylic acids is 1. The van der Waals surface area contributed by atoms with Crippen molar-refractivity contribution in [3.05, 3.63) is 33.3 Å². The van der Waals surface area contributed by atoms with Gasteiger partial charge in [-0.2, -0.15) is 0 Å². The van der Waals surface area contributed by atoms with E-state index in [2.05, 4.69) is 6.92 Å². The van der Waals surface area contributed by atoms with Crippen LogP contribution >= 0.6 is 24.0 Å². The zero-order valence-corrected chi connectivity index (χ0v) is 14.9. The van der Waals surface area contributed by atoms with E-state index in [-0.39, 0.29) is 53.2 Å². The first-order valence-corrected chi connectivity index (χ1v) is 7.77. The van der Waals surface area contributed by atoms with E-state index in [9.17, 15) is 14.9 Å². The summed E-state index contributed by atoms with van der Waals surface area (Å²) in [5, 5.41) is 11.2. The number of ether oxygens (including phenoxy) is 1. The van der Waals surface area contributed by atoms with Crippen molar-refractivity contribution in [3.8, 4) is 5.75 Å². The molecule has 0 aromatic heterocycles. The Kier molecular flexibility index (Phi) is 7.26. The molecule has 1 aromatic rings. The third-order valence-electron chi connectivity index (χ3n) is 4.09. The van der Waals surface area contributed by atoms with Crippen LogP contribution in [0.3, 0.4) is 0 Å². The van der Waals surface area contributed by atoms with Crippen LogP contribution in [0, 0.1) is 15.5 Å². The molecule has 1 aromatic carbocycles. The lowest BCUT2D eigenvalue weighted by Gasteiger charge is -2.22. The van der Waals surface area contributed by atoms with Gasteiger partial charge in [-0.25, -0.2) is 0 Å². The van der Waals surface area contributed by atoms with Gasteiger partial charge in [0, 0.05) is 24.2 Å². The largest absolute Gasteiger partial charge is 0.486 e. The van der Waals surface area contributed by atoms with Gasteiger partial charge in [0.25, 0.3) is 0 Å². The van der Waals surface area contributed by atoms with Crippen LogP contribution in [0.2, 0.25) is 5.02 Å². The van der Waals surface area contributed by atoms with Crippen molar-refractivity contribution in [3.63, 3.8) is 0 Å². The molecule has 9 heteroatoms. The van der Waals surface area contributed by atoms with Gasteiger partial charge >= 0.3 is 5.69 Å². The summed E-state index contributed by atoms with van der Waals surface area (Å²) in [7, 11) is 0. The van der Waals surface area contributed by atoms with Crippen LogP contribution in [0.15, 0.2) is 18.2 Å². The Morgan fingerprint density at radius 3 is 2.83 bits per heavy atom. The number of amides is 1. The summed E-state index contributed by atoms with van der Waals surface area (Å²) >= 11 is 5.74. The fourth-order valence-corrected chi connectivity index (χ4v) is 2.73. The molecule has 134 valence electrons. The summed E-state index contributed by atoms with van der Waals surface area (Å²) in [6, 6.07) is 4.18. The smallest absolute Gasteiger partial charge is 0.312 e. The number of hydrogen-bond donors (Lipinski definition) is 1. The summed E-state index contributed by atoms with van der Waals surface area (Å²) in [5.41, 5.74) is 5.50. The molecule has 1 aliphatic rings. The number of rotatable bonds is 6. The highest BCUT2D eigenvalue weighted by molar-refractivity contribution is 6.30. The number of nitrogens with two attached hydrogens (primary N) is 1. The molecule has 1 saturated heterocycles. The molecule has 24 heavy (non-hydrogen) atoms. The molecule has 1 atom stereocenters. The predicted octanol–water partition coefficient (Wildman–Crippen LogP) is 2.64. The Morgan fingerprint density at radius 1 is 1.54 bits per heavy atom. The van der Waals surface area contributed by atoms with E-state index in [0.717, 1.165) is 6.42 Å². The predicted molar refractivity (Wildman–Crippen MR) is 93.8 cm³/mol. The molecule has 1 unspecified atom stereocenters. The first-order valence-electron chi connectivity index (χ1n) is 7.39. The Hall–Kier alpha value is -1.57. The molecule has 0 saturated carbocycles. The lowest BCUT2D eigenvalue weighted by molar-refractivity contribution is -0.385. The van der Waals surface area contributed by atoms with E-state index >= 15 is 0 Å². The molecule has 1 aliphatic heterocycles. The zero-order valence-electron chi connectivity index (χ0n) is 13.4. The minimum Gasteiger partial charge on any atom is -0.486 e. The van der Waals surface area contributed by atoms with Gasteiger partial charge in [0.05, 0.1) is 18.0 Å². The van der Waals surface area contributed by atoms with Gasteiger partial charge in [0.15, 0.2) is 5.75 Å². The minimum absolute atomic E-state index is 0. The second-order valence-corrected chi connectivity index (χ2v) is 6.48. The van der Waals surface area contributed by atoms with Crippen molar-refractivity contribution < 1.29 is 14.5 Å². The third-order valence-corrected chi connectivity index (χ3v) is 4.33. The lowest BCUT2D eigenvalue weighted by Crippen LogP contribution is -2.35. The molecule has 1 amide bonds. The average molecular weight is 378 g/mol. The first kappa shape index (κ1) is 20.5. The van der Waals surface area contributed by atoms with E-state index in [0.29, 0.717) is 19.6 Å². The van der Waals surface area contributed by atoms with Gasteiger partial charge in [-0.3, -0.25) is 14.9 Å². The van der Waals surface area contributed by atoms with Gasteiger partial charge < -0.3 is 15.4 Å². The second-order valence-electron chi connectivity index (χ2n) is 6.05. The zero-order chi connectivity index (χ0) is 17.0. The van der Waals surface area contributed by atoms with Crippen LogP contribution in [0.25, 0.3) is 0 Å². The van der Waals surface area contributed by atoms with Gasteiger partial charge in [0.2, 0.25) is 5.91 Å². The van der Waals surface area contributed by atoms with Gasteiger partial charge in [-0.1, -0.05) is 18.5 Å². The maximum Gasteiger partial charge on any atom is 0.312 e. The molecule has 0 radical (unpaired) electrons. The highest BCUT2D eigenvalue weighted by Gasteiger charge is 2.34. The second kappa shape index (κ2) is 8.50. The number of likely N-dealkylation sites (tertiary alicyclic amines) is 1. The molecular weight excluding hydrogens is 357 g/mol. The molecule has 7 nitrogen and oxygen atoms in total. The minimum atomic E-state index is -0.559. The summed E-state index contributed by atoms with van der Waals surface area (Å²) in [5.74, 6) is 0.0826. The number of halogens is 2. The number of nitrogens with zero attached hydrogens (tertiary/aromatic N) is 2. The molecule has 0 bridgehead atoms. The molecule has 1 fully saturated rings. The monoisotopic (exact) mass is 377 g/mol. The van der Waals surface area contributed by atoms with Gasteiger partial charge in [-0.15, -0.1) is 12.4 Å².